The lowest BCUT2D eigenvalue weighted by molar-refractivity contribution is -0.124. The van der Waals surface area contributed by atoms with E-state index >= 15 is 0 Å². The number of rotatable bonds is 14. The average molecular weight is 377 g/mol. The predicted molar refractivity (Wildman–Crippen MR) is 106 cm³/mol. The molecule has 0 radical (unpaired) electrons. The Morgan fingerprint density at radius 2 is 2.04 bits per heavy atom. The quantitative estimate of drug-likeness (QED) is 0.200. The third-order valence-corrected chi connectivity index (χ3v) is 4.24. The molecular formula is C21H31NO5. The van der Waals surface area contributed by atoms with Crippen molar-refractivity contribution in [3.8, 4) is 11.5 Å². The first-order valence-corrected chi connectivity index (χ1v) is 9.40. The Bertz CT molecular complexity index is 627. The Kier molecular flexibility index (Phi) is 11.1. The van der Waals surface area contributed by atoms with Gasteiger partial charge in [-0.15, -0.1) is 0 Å². The van der Waals surface area contributed by atoms with E-state index in [4.69, 9.17) is 9.84 Å². The molecular weight excluding hydrogens is 346 g/mol. The molecule has 3 N–H and O–H groups in total. The number of aliphatic hydroxyl groups excluding tert-OH is 1. The maximum Gasteiger partial charge on any atom is 0.186 e. The fourth-order valence-electron chi connectivity index (χ4n) is 2.79. The first kappa shape index (κ1) is 22.9. The van der Waals surface area contributed by atoms with Gasteiger partial charge in [0, 0.05) is 6.42 Å². The first-order valence-electron chi connectivity index (χ1n) is 9.40. The molecule has 150 valence electrons. The largest absolute Gasteiger partial charge is 0.504 e. The van der Waals surface area contributed by atoms with Gasteiger partial charge >= 0.3 is 0 Å². The number of nitrogens with one attached hydrogen (secondary N) is 1. The molecule has 0 fully saturated rings. The van der Waals surface area contributed by atoms with E-state index in [0.29, 0.717) is 17.9 Å². The summed E-state index contributed by atoms with van der Waals surface area (Å²) in [6, 6.07) is 4.53. The lowest BCUT2D eigenvalue weighted by Crippen LogP contribution is -2.15. The highest BCUT2D eigenvalue weighted by molar-refractivity contribution is 6.06. The summed E-state index contributed by atoms with van der Waals surface area (Å²) in [5, 5.41) is 21.5. The highest BCUT2D eigenvalue weighted by atomic mass is 16.6. The molecule has 0 unspecified atom stereocenters. The standard InChI is InChI=1S/C21H31NO5/c1-16(14-22-2)6-4-3-5-7-18(24)13-19(25)10-8-17-9-11-20(26)21(12-17)27-15-23/h8-12,16,22-23,26H,3-7,13-15H2,1-2H3/b10-8+/t16-/m1/s1. The first-order chi connectivity index (χ1) is 13.0. The molecule has 0 amide bonds. The van der Waals surface area contributed by atoms with Crippen molar-refractivity contribution in [2.45, 2.75) is 45.4 Å². The van der Waals surface area contributed by atoms with Crippen LogP contribution in [0.2, 0.25) is 0 Å². The molecule has 0 aliphatic carbocycles. The van der Waals surface area contributed by atoms with Gasteiger partial charge in [-0.05, 0) is 56.1 Å². The molecule has 0 saturated carbocycles. The molecule has 0 bridgehead atoms. The maximum absolute atomic E-state index is 11.9. The van der Waals surface area contributed by atoms with Gasteiger partial charge in [0.2, 0.25) is 0 Å². The molecule has 0 saturated heterocycles. The van der Waals surface area contributed by atoms with Crippen LogP contribution in [0.4, 0.5) is 0 Å². The molecule has 0 aliphatic heterocycles. The number of unbranched alkanes of at least 4 members (excludes halogenated alkanes) is 2. The number of carbonyl (C=O) groups is 2. The minimum Gasteiger partial charge on any atom is -0.504 e. The zero-order valence-corrected chi connectivity index (χ0v) is 16.2. The zero-order chi connectivity index (χ0) is 20.1. The number of benzene rings is 1. The van der Waals surface area contributed by atoms with E-state index in [0.717, 1.165) is 32.2 Å². The normalized spacial score (nSPS) is 12.3. The lowest BCUT2D eigenvalue weighted by Gasteiger charge is -2.09. The van der Waals surface area contributed by atoms with Crippen molar-refractivity contribution < 1.29 is 24.5 Å². The van der Waals surface area contributed by atoms with Crippen LogP contribution >= 0.6 is 0 Å². The van der Waals surface area contributed by atoms with Gasteiger partial charge in [-0.2, -0.15) is 0 Å². The molecule has 27 heavy (non-hydrogen) atoms. The molecule has 0 aliphatic rings. The second kappa shape index (κ2) is 13.1. The molecule has 0 aromatic heterocycles. The van der Waals surface area contributed by atoms with E-state index in [1.165, 1.54) is 18.2 Å². The van der Waals surface area contributed by atoms with Gasteiger partial charge in [0.05, 0.1) is 6.42 Å². The van der Waals surface area contributed by atoms with Crippen molar-refractivity contribution in [1.29, 1.82) is 0 Å². The molecule has 1 atom stereocenters. The van der Waals surface area contributed by atoms with Crippen molar-refractivity contribution in [1.82, 2.24) is 5.32 Å². The average Bonchev–Trinajstić information content (AvgIpc) is 2.62. The van der Waals surface area contributed by atoms with Gasteiger partial charge in [0.15, 0.2) is 24.1 Å². The Morgan fingerprint density at radius 3 is 2.74 bits per heavy atom. The zero-order valence-electron chi connectivity index (χ0n) is 16.2. The molecule has 1 aromatic rings. The third-order valence-electron chi connectivity index (χ3n) is 4.24. The number of hydrogen-bond acceptors (Lipinski definition) is 6. The van der Waals surface area contributed by atoms with Crippen molar-refractivity contribution >= 4 is 17.6 Å². The Morgan fingerprint density at radius 1 is 1.26 bits per heavy atom. The molecule has 0 spiro atoms. The summed E-state index contributed by atoms with van der Waals surface area (Å²) >= 11 is 0. The van der Waals surface area contributed by atoms with Crippen LogP contribution in [0.15, 0.2) is 24.3 Å². The van der Waals surface area contributed by atoms with Crippen LogP contribution in [-0.2, 0) is 9.59 Å². The fourth-order valence-corrected chi connectivity index (χ4v) is 2.79. The number of aliphatic hydroxyl groups is 1. The van der Waals surface area contributed by atoms with Crippen LogP contribution in [0.3, 0.4) is 0 Å². The minimum atomic E-state index is -0.553. The molecule has 1 aromatic carbocycles. The number of phenolic OH excluding ortho intramolecular Hbond substituents is 1. The number of carbonyl (C=O) groups excluding carboxylic acids is 2. The SMILES string of the molecule is CNC[C@H](C)CCCCCC(=O)CC(=O)/C=C/c1ccc(O)c(OCO)c1. The van der Waals surface area contributed by atoms with E-state index < -0.39 is 6.79 Å². The summed E-state index contributed by atoms with van der Waals surface area (Å²) in [5.74, 6) is 0.388. The van der Waals surface area contributed by atoms with Crippen molar-refractivity contribution in [2.75, 3.05) is 20.4 Å². The van der Waals surface area contributed by atoms with Gasteiger partial charge in [0.25, 0.3) is 0 Å². The summed E-state index contributed by atoms with van der Waals surface area (Å²) in [6.45, 7) is 2.66. The molecule has 1 rings (SSSR count). The van der Waals surface area contributed by atoms with Crippen molar-refractivity contribution in [3.63, 3.8) is 0 Å². The van der Waals surface area contributed by atoms with Crippen LogP contribution in [0, 0.1) is 5.92 Å². The number of hydrogen-bond donors (Lipinski definition) is 3. The van der Waals surface area contributed by atoms with Crippen LogP contribution in [0.5, 0.6) is 11.5 Å². The number of aromatic hydroxyl groups is 1. The lowest BCUT2D eigenvalue weighted by atomic mass is 10.0. The van der Waals surface area contributed by atoms with Crippen molar-refractivity contribution in [2.24, 2.45) is 5.92 Å². The number of ether oxygens (including phenoxy) is 1. The second-order valence-corrected chi connectivity index (χ2v) is 6.78. The van der Waals surface area contributed by atoms with Crippen LogP contribution in [0.25, 0.3) is 6.08 Å². The maximum atomic E-state index is 11.9. The molecule has 6 heteroatoms. The second-order valence-electron chi connectivity index (χ2n) is 6.78. The summed E-state index contributed by atoms with van der Waals surface area (Å²) in [6.07, 6.45) is 7.33. The molecule has 0 heterocycles. The van der Waals surface area contributed by atoms with Gasteiger partial charge < -0.3 is 20.3 Å². The number of ketones is 2. The van der Waals surface area contributed by atoms with E-state index in [1.54, 1.807) is 12.1 Å². The Labute approximate surface area is 161 Å². The number of allylic oxidation sites excluding steroid dienone is 1. The van der Waals surface area contributed by atoms with Gasteiger partial charge in [-0.1, -0.05) is 31.9 Å². The summed E-state index contributed by atoms with van der Waals surface area (Å²) < 4.78 is 4.87. The summed E-state index contributed by atoms with van der Waals surface area (Å²) in [4.78, 5) is 23.8. The minimum absolute atomic E-state index is 0.0390. The monoisotopic (exact) mass is 377 g/mol. The number of Topliss-reactive ketones (excluding diaryl/α,β-unsaturated/α-hetero) is 1. The van der Waals surface area contributed by atoms with E-state index in [9.17, 15) is 14.7 Å². The smallest absolute Gasteiger partial charge is 0.186 e. The van der Waals surface area contributed by atoms with Gasteiger partial charge in [-0.25, -0.2) is 0 Å². The summed E-state index contributed by atoms with van der Waals surface area (Å²) in [5.41, 5.74) is 0.632. The Hall–Kier alpha value is -2.18. The highest BCUT2D eigenvalue weighted by Crippen LogP contribution is 2.27. The topological polar surface area (TPSA) is 95.9 Å². The van der Waals surface area contributed by atoms with E-state index in [-0.39, 0.29) is 29.5 Å². The predicted octanol–water partition coefficient (Wildman–Crippen LogP) is 3.07. The van der Waals surface area contributed by atoms with E-state index in [2.05, 4.69) is 12.2 Å². The Balaban J connectivity index is 2.32. The fraction of sp³-hybridized carbons (Fsp3) is 0.524. The third kappa shape index (κ3) is 9.92. The number of phenols is 1. The highest BCUT2D eigenvalue weighted by Gasteiger charge is 2.08. The van der Waals surface area contributed by atoms with Crippen LogP contribution < -0.4 is 10.1 Å². The van der Waals surface area contributed by atoms with Gasteiger partial charge in [0.1, 0.15) is 5.78 Å². The van der Waals surface area contributed by atoms with E-state index in [1.807, 2.05) is 7.05 Å². The van der Waals surface area contributed by atoms with Gasteiger partial charge in [-0.3, -0.25) is 9.59 Å². The molecule has 6 nitrogen and oxygen atoms in total. The van der Waals surface area contributed by atoms with Crippen LogP contribution in [0.1, 0.15) is 51.0 Å². The summed E-state index contributed by atoms with van der Waals surface area (Å²) in [7, 11) is 1.95. The van der Waals surface area contributed by atoms with Crippen LogP contribution in [-0.4, -0.2) is 42.2 Å². The van der Waals surface area contributed by atoms with Crippen molar-refractivity contribution in [3.05, 3.63) is 29.8 Å².